The Morgan fingerprint density at radius 3 is 1.91 bits per heavy atom. The van der Waals surface area contributed by atoms with Crippen molar-refractivity contribution in [3.63, 3.8) is 0 Å². The number of carbonyl (C=O) groups excluding carboxylic acids is 1. The molecular weight excluding hydrogens is 456 g/mol. The lowest BCUT2D eigenvalue weighted by molar-refractivity contribution is -0.152. The van der Waals surface area contributed by atoms with E-state index in [0.29, 0.717) is 11.1 Å². The van der Waals surface area contributed by atoms with Crippen molar-refractivity contribution in [2.75, 3.05) is 26.2 Å². The minimum absolute atomic E-state index is 0. The number of hydrogen-bond acceptors (Lipinski definition) is 4. The van der Waals surface area contributed by atoms with Crippen LogP contribution in [0.15, 0.2) is 91.0 Å². The molecule has 0 amide bonds. The molecule has 1 fully saturated rings. The van der Waals surface area contributed by atoms with Crippen LogP contribution >= 0.6 is 12.4 Å². The van der Waals surface area contributed by atoms with E-state index in [-0.39, 0.29) is 50.9 Å². The first-order valence-electron chi connectivity index (χ1n) is 13.7. The number of rotatable bonds is 8. The van der Waals surface area contributed by atoms with Gasteiger partial charge in [0.05, 0.1) is 18.1 Å². The molecule has 0 radical (unpaired) electrons. The molecule has 1 aliphatic rings. The number of esters is 1. The zero-order valence-corrected chi connectivity index (χ0v) is 20.6. The number of nitriles is 1. The largest absolute Gasteiger partial charge is 0.465 e. The second-order valence-electron chi connectivity index (χ2n) is 8.49. The number of halogens is 1. The first-order valence-corrected chi connectivity index (χ1v) is 11.7. The van der Waals surface area contributed by atoms with E-state index in [4.69, 9.17) is 7.48 Å². The van der Waals surface area contributed by atoms with E-state index in [9.17, 15) is 12.8 Å². The quantitative estimate of drug-likeness (QED) is 0.367. The van der Waals surface area contributed by atoms with Crippen LogP contribution in [-0.2, 0) is 20.4 Å². The van der Waals surface area contributed by atoms with Gasteiger partial charge >= 0.3 is 5.97 Å². The summed E-state index contributed by atoms with van der Waals surface area (Å²) in [5, 5.41) is 10.6. The standard InChI is InChI=1S/C30H32N2O2.ClH/c1-2-34-28(33)29(25-12-6-3-7-13-25)18-21-32(22-19-29)23-20-30(24-31,26-14-8-4-9-15-26)27-16-10-5-11-17-27;/h3-17H,2,18-23H2,1H3;1H/i20D2,23D2;. The highest BCUT2D eigenvalue weighted by Crippen LogP contribution is 2.39. The SMILES string of the molecule is Cl.[2H]C([2H])(N1CCC(C(=O)OCC)(c2ccccc2)CC1)C([2H])([2H])C(C#N)(c1ccccc1)c1ccccc1. The third-order valence-corrected chi connectivity index (χ3v) is 6.59. The molecule has 1 saturated heterocycles. The summed E-state index contributed by atoms with van der Waals surface area (Å²) >= 11 is 0. The highest BCUT2D eigenvalue weighted by molar-refractivity contribution is 5.85. The van der Waals surface area contributed by atoms with E-state index >= 15 is 0 Å². The topological polar surface area (TPSA) is 53.3 Å². The molecule has 35 heavy (non-hydrogen) atoms. The van der Waals surface area contributed by atoms with E-state index in [0.717, 1.165) is 5.56 Å². The molecule has 3 aromatic rings. The molecule has 4 nitrogen and oxygen atoms in total. The van der Waals surface area contributed by atoms with Gasteiger partial charge in [0.1, 0.15) is 5.41 Å². The van der Waals surface area contributed by atoms with Crippen molar-refractivity contribution in [3.8, 4) is 6.07 Å². The molecule has 182 valence electrons. The van der Waals surface area contributed by atoms with Gasteiger partial charge in [0.2, 0.25) is 0 Å². The Hall–Kier alpha value is -3.13. The minimum atomic E-state index is -2.67. The van der Waals surface area contributed by atoms with Gasteiger partial charge in [-0.2, -0.15) is 5.26 Å². The van der Waals surface area contributed by atoms with Gasteiger partial charge in [-0.3, -0.25) is 4.79 Å². The van der Waals surface area contributed by atoms with Gasteiger partial charge < -0.3 is 9.64 Å². The molecular formula is C30H33ClN2O2. The van der Waals surface area contributed by atoms with Crippen molar-refractivity contribution >= 4 is 18.4 Å². The lowest BCUT2D eigenvalue weighted by atomic mass is 9.71. The van der Waals surface area contributed by atoms with Gasteiger partial charge in [0.15, 0.2) is 0 Å². The molecule has 4 rings (SSSR count). The maximum absolute atomic E-state index is 13.2. The van der Waals surface area contributed by atoms with Crippen molar-refractivity contribution in [2.45, 2.75) is 37.0 Å². The normalized spacial score (nSPS) is 17.9. The maximum Gasteiger partial charge on any atom is 0.316 e. The average Bonchev–Trinajstić information content (AvgIpc) is 2.95. The van der Waals surface area contributed by atoms with E-state index < -0.39 is 23.7 Å². The first-order chi connectivity index (χ1) is 18.2. The Bertz CT molecular complexity index is 1240. The lowest BCUT2D eigenvalue weighted by Crippen LogP contribution is -2.49. The van der Waals surface area contributed by atoms with Crippen LogP contribution in [0.2, 0.25) is 0 Å². The molecule has 3 aromatic carbocycles. The lowest BCUT2D eigenvalue weighted by Gasteiger charge is -2.41. The van der Waals surface area contributed by atoms with Crippen molar-refractivity contribution in [3.05, 3.63) is 108 Å². The Morgan fingerprint density at radius 2 is 1.46 bits per heavy atom. The fourth-order valence-electron chi connectivity index (χ4n) is 4.64. The fraction of sp³-hybridized carbons (Fsp3) is 0.333. The Labute approximate surface area is 220 Å². The predicted octanol–water partition coefficient (Wildman–Crippen LogP) is 5.91. The van der Waals surface area contributed by atoms with Crippen LogP contribution in [0.25, 0.3) is 0 Å². The molecule has 0 bridgehead atoms. The predicted molar refractivity (Wildman–Crippen MR) is 142 cm³/mol. The van der Waals surface area contributed by atoms with Crippen LogP contribution in [0.5, 0.6) is 0 Å². The number of piperidine rings is 1. The smallest absolute Gasteiger partial charge is 0.316 e. The number of benzene rings is 3. The van der Waals surface area contributed by atoms with E-state index in [1.807, 2.05) is 30.3 Å². The zero-order valence-electron chi connectivity index (χ0n) is 23.8. The number of likely N-dealkylation sites (tertiary alicyclic amines) is 1. The minimum Gasteiger partial charge on any atom is -0.465 e. The molecule has 0 aromatic heterocycles. The van der Waals surface area contributed by atoms with Crippen LogP contribution in [-0.4, -0.2) is 37.1 Å². The van der Waals surface area contributed by atoms with Crippen LogP contribution in [0, 0.1) is 11.3 Å². The summed E-state index contributed by atoms with van der Waals surface area (Å²) < 4.78 is 42.3. The summed E-state index contributed by atoms with van der Waals surface area (Å²) in [7, 11) is 0. The highest BCUT2D eigenvalue weighted by Gasteiger charge is 2.44. The van der Waals surface area contributed by atoms with Gasteiger partial charge in [-0.15, -0.1) is 12.4 Å². The number of nitrogens with zero attached hydrogens (tertiary/aromatic N) is 2. The number of ether oxygens (including phenoxy) is 1. The van der Waals surface area contributed by atoms with Crippen LogP contribution in [0.3, 0.4) is 0 Å². The summed E-state index contributed by atoms with van der Waals surface area (Å²) in [5.41, 5.74) is -1.30. The van der Waals surface area contributed by atoms with Crippen LogP contribution < -0.4 is 0 Å². The van der Waals surface area contributed by atoms with Gasteiger partial charge in [-0.1, -0.05) is 91.0 Å². The van der Waals surface area contributed by atoms with E-state index in [1.165, 1.54) is 4.90 Å². The monoisotopic (exact) mass is 492 g/mol. The van der Waals surface area contributed by atoms with Gasteiger partial charge in [-0.25, -0.2) is 0 Å². The second kappa shape index (κ2) is 12.0. The highest BCUT2D eigenvalue weighted by atomic mass is 35.5. The molecule has 1 aliphatic heterocycles. The van der Waals surface area contributed by atoms with E-state index in [1.54, 1.807) is 67.6 Å². The Kier molecular flexibility index (Phi) is 7.27. The molecule has 0 unspecified atom stereocenters. The number of hydrogen-bond donors (Lipinski definition) is 0. The molecule has 0 atom stereocenters. The summed E-state index contributed by atoms with van der Waals surface area (Å²) in [6.07, 6.45) is -2.14. The average molecular weight is 493 g/mol. The van der Waals surface area contributed by atoms with Crippen molar-refractivity contribution in [1.82, 2.24) is 4.90 Å². The summed E-state index contributed by atoms with van der Waals surface area (Å²) in [4.78, 5) is 14.6. The summed E-state index contributed by atoms with van der Waals surface area (Å²) in [6.45, 7) is -0.324. The summed E-state index contributed by atoms with van der Waals surface area (Å²) in [6, 6.07) is 28.7. The molecule has 0 spiro atoms. The molecule has 0 aliphatic carbocycles. The zero-order chi connectivity index (χ0) is 27.4. The Morgan fingerprint density at radius 1 is 0.971 bits per heavy atom. The van der Waals surface area contributed by atoms with E-state index in [2.05, 4.69) is 6.07 Å². The maximum atomic E-state index is 13.2. The third kappa shape index (κ3) is 5.42. The van der Waals surface area contributed by atoms with Crippen LogP contribution in [0.1, 0.15) is 48.3 Å². The van der Waals surface area contributed by atoms with Crippen molar-refractivity contribution in [1.29, 1.82) is 5.26 Å². The third-order valence-electron chi connectivity index (χ3n) is 6.59. The Balaban J connectivity index is 0.00000420. The van der Waals surface area contributed by atoms with Crippen molar-refractivity contribution in [2.24, 2.45) is 0 Å². The molecule has 5 heteroatoms. The molecule has 0 N–H and O–H groups in total. The fourth-order valence-corrected chi connectivity index (χ4v) is 4.64. The second-order valence-corrected chi connectivity index (χ2v) is 8.49. The van der Waals surface area contributed by atoms with Gasteiger partial charge in [0.25, 0.3) is 0 Å². The first kappa shape index (κ1) is 21.2. The van der Waals surface area contributed by atoms with Crippen LogP contribution in [0.4, 0.5) is 0 Å². The number of carbonyl (C=O) groups is 1. The van der Waals surface area contributed by atoms with Crippen molar-refractivity contribution < 1.29 is 15.0 Å². The van der Waals surface area contributed by atoms with Gasteiger partial charge in [0, 0.05) is 12.0 Å². The molecule has 1 heterocycles. The van der Waals surface area contributed by atoms with Gasteiger partial charge in [-0.05, 0) is 55.9 Å². The summed E-state index contributed by atoms with van der Waals surface area (Å²) in [5.74, 6) is -0.352. The molecule has 0 saturated carbocycles.